The van der Waals surface area contributed by atoms with Crippen LogP contribution in [0, 0.1) is 20.8 Å². The Morgan fingerprint density at radius 3 is 2.56 bits per heavy atom. The van der Waals surface area contributed by atoms with E-state index in [2.05, 4.69) is 10.4 Å². The van der Waals surface area contributed by atoms with Gasteiger partial charge in [-0.2, -0.15) is 5.10 Å². The van der Waals surface area contributed by atoms with E-state index in [1.165, 1.54) is 0 Å². The van der Waals surface area contributed by atoms with Gasteiger partial charge in [0.2, 0.25) is 0 Å². The lowest BCUT2D eigenvalue weighted by Crippen LogP contribution is -2.21. The topological polar surface area (TPSA) is 65.4 Å². The maximum Gasteiger partial charge on any atom is 0.262 e. The minimum atomic E-state index is -0.258. The van der Waals surface area contributed by atoms with Crippen LogP contribution in [0.4, 0.5) is 5.69 Å². The third kappa shape index (κ3) is 4.28. The molecule has 27 heavy (non-hydrogen) atoms. The highest BCUT2D eigenvalue weighted by Crippen LogP contribution is 2.28. The average Bonchev–Trinajstić information content (AvgIpc) is 2.99. The molecule has 0 atom stereocenters. The van der Waals surface area contributed by atoms with E-state index < -0.39 is 0 Å². The summed E-state index contributed by atoms with van der Waals surface area (Å²) in [6.45, 7) is 5.76. The van der Waals surface area contributed by atoms with Crippen LogP contribution in [0.5, 0.6) is 11.5 Å². The van der Waals surface area contributed by atoms with Crippen LogP contribution in [0.2, 0.25) is 0 Å². The summed E-state index contributed by atoms with van der Waals surface area (Å²) in [7, 11) is 1.58. The summed E-state index contributed by atoms with van der Waals surface area (Å²) in [6.07, 6.45) is 0. The first-order valence-corrected chi connectivity index (χ1v) is 8.68. The Bertz CT molecular complexity index is 963. The number of hydrogen-bond donors (Lipinski definition) is 1. The van der Waals surface area contributed by atoms with Crippen molar-refractivity contribution >= 4 is 11.6 Å². The van der Waals surface area contributed by atoms with E-state index in [0.717, 1.165) is 22.6 Å². The fraction of sp³-hybridized carbons (Fsp3) is 0.238. The van der Waals surface area contributed by atoms with Crippen molar-refractivity contribution in [2.75, 3.05) is 19.0 Å². The molecular weight excluding hydrogens is 342 g/mol. The third-order valence-electron chi connectivity index (χ3n) is 4.09. The van der Waals surface area contributed by atoms with Gasteiger partial charge in [0, 0.05) is 5.69 Å². The second kappa shape index (κ2) is 7.95. The van der Waals surface area contributed by atoms with E-state index in [-0.39, 0.29) is 12.5 Å². The molecule has 6 nitrogen and oxygen atoms in total. The van der Waals surface area contributed by atoms with E-state index in [1.54, 1.807) is 13.2 Å². The molecule has 0 spiro atoms. The van der Waals surface area contributed by atoms with Crippen molar-refractivity contribution in [2.45, 2.75) is 20.8 Å². The number of carbonyl (C=O) groups is 1. The van der Waals surface area contributed by atoms with Crippen LogP contribution in [-0.2, 0) is 4.79 Å². The Kier molecular flexibility index (Phi) is 5.45. The van der Waals surface area contributed by atoms with Crippen molar-refractivity contribution < 1.29 is 14.3 Å². The summed E-state index contributed by atoms with van der Waals surface area (Å²) in [5.41, 5.74) is 4.46. The van der Waals surface area contributed by atoms with Gasteiger partial charge in [-0.05, 0) is 56.7 Å². The van der Waals surface area contributed by atoms with E-state index >= 15 is 0 Å². The number of para-hydroxylation sites is 2. The number of carbonyl (C=O) groups excluding carboxylic acids is 1. The number of amides is 1. The molecule has 0 aliphatic carbocycles. The molecule has 2 aromatic carbocycles. The number of nitrogens with zero attached hydrogens (tertiary/aromatic N) is 2. The summed E-state index contributed by atoms with van der Waals surface area (Å²) in [5, 5.41) is 7.39. The van der Waals surface area contributed by atoms with Gasteiger partial charge in [-0.1, -0.05) is 18.2 Å². The maximum atomic E-state index is 12.4. The van der Waals surface area contributed by atoms with Crippen molar-refractivity contribution in [1.29, 1.82) is 0 Å². The molecule has 0 unspecified atom stereocenters. The lowest BCUT2D eigenvalue weighted by Gasteiger charge is -2.14. The second-order valence-electron chi connectivity index (χ2n) is 6.35. The van der Waals surface area contributed by atoms with E-state index in [4.69, 9.17) is 9.47 Å². The Morgan fingerprint density at radius 1 is 1.07 bits per heavy atom. The van der Waals surface area contributed by atoms with Crippen molar-refractivity contribution in [3.63, 3.8) is 0 Å². The van der Waals surface area contributed by atoms with E-state index in [1.807, 2.05) is 67.9 Å². The molecular formula is C21H23N3O3. The molecule has 1 heterocycles. The predicted octanol–water partition coefficient (Wildman–Crippen LogP) is 3.82. The molecule has 0 saturated carbocycles. The molecule has 1 amide bonds. The molecule has 3 rings (SSSR count). The highest BCUT2D eigenvalue weighted by Gasteiger charge is 2.12. The first-order chi connectivity index (χ1) is 13.0. The number of benzene rings is 2. The predicted molar refractivity (Wildman–Crippen MR) is 105 cm³/mol. The number of rotatable bonds is 6. The number of hydrogen-bond acceptors (Lipinski definition) is 4. The molecule has 6 heteroatoms. The van der Waals surface area contributed by atoms with Crippen molar-refractivity contribution in [3.05, 3.63) is 65.5 Å². The number of anilines is 1. The van der Waals surface area contributed by atoms with E-state index in [0.29, 0.717) is 17.2 Å². The molecule has 1 N–H and O–H groups in total. The van der Waals surface area contributed by atoms with Crippen molar-refractivity contribution in [3.8, 4) is 17.2 Å². The monoisotopic (exact) mass is 365 g/mol. The number of ether oxygens (including phenoxy) is 2. The minimum Gasteiger partial charge on any atom is -0.493 e. The Hall–Kier alpha value is -3.28. The Morgan fingerprint density at radius 2 is 1.85 bits per heavy atom. The molecule has 0 saturated heterocycles. The lowest BCUT2D eigenvalue weighted by molar-refractivity contribution is -0.118. The molecule has 0 aliphatic heterocycles. The van der Waals surface area contributed by atoms with Gasteiger partial charge < -0.3 is 14.8 Å². The zero-order valence-electron chi connectivity index (χ0n) is 15.9. The lowest BCUT2D eigenvalue weighted by atomic mass is 10.2. The maximum absolute atomic E-state index is 12.4. The molecule has 140 valence electrons. The normalized spacial score (nSPS) is 10.5. The number of aryl methyl sites for hydroxylation is 3. The van der Waals surface area contributed by atoms with Gasteiger partial charge in [-0.3, -0.25) is 4.79 Å². The van der Waals surface area contributed by atoms with Crippen LogP contribution in [0.25, 0.3) is 5.69 Å². The molecule has 0 aliphatic rings. The van der Waals surface area contributed by atoms with Crippen LogP contribution >= 0.6 is 0 Å². The zero-order chi connectivity index (χ0) is 19.4. The second-order valence-corrected chi connectivity index (χ2v) is 6.35. The smallest absolute Gasteiger partial charge is 0.262 e. The van der Waals surface area contributed by atoms with Gasteiger partial charge >= 0.3 is 0 Å². The Labute approximate surface area is 158 Å². The number of methoxy groups -OCH3 is 1. The van der Waals surface area contributed by atoms with Gasteiger partial charge in [0.05, 0.1) is 24.2 Å². The van der Waals surface area contributed by atoms with E-state index in [9.17, 15) is 4.79 Å². The van der Waals surface area contributed by atoms with Gasteiger partial charge in [0.25, 0.3) is 5.91 Å². The van der Waals surface area contributed by atoms with Gasteiger partial charge in [-0.15, -0.1) is 0 Å². The van der Waals surface area contributed by atoms with Gasteiger partial charge in [-0.25, -0.2) is 4.68 Å². The van der Waals surface area contributed by atoms with Gasteiger partial charge in [0.1, 0.15) is 0 Å². The van der Waals surface area contributed by atoms with Crippen LogP contribution in [-0.4, -0.2) is 29.4 Å². The molecule has 0 fully saturated rings. The molecule has 0 bridgehead atoms. The summed E-state index contributed by atoms with van der Waals surface area (Å²) in [5.74, 6) is 0.877. The minimum absolute atomic E-state index is 0.120. The first kappa shape index (κ1) is 18.5. The fourth-order valence-corrected chi connectivity index (χ4v) is 2.86. The van der Waals surface area contributed by atoms with Crippen LogP contribution in [0.1, 0.15) is 17.0 Å². The average molecular weight is 365 g/mol. The van der Waals surface area contributed by atoms with Crippen LogP contribution in [0.3, 0.4) is 0 Å². The van der Waals surface area contributed by atoms with Crippen LogP contribution < -0.4 is 14.8 Å². The first-order valence-electron chi connectivity index (χ1n) is 8.68. The van der Waals surface area contributed by atoms with Crippen LogP contribution in [0.15, 0.2) is 48.5 Å². The SMILES string of the molecule is COc1cc(C)ccc1OCC(=O)Nc1ccccc1-n1nc(C)cc1C. The number of nitrogens with one attached hydrogen (secondary N) is 1. The molecule has 3 aromatic rings. The van der Waals surface area contributed by atoms with Crippen molar-refractivity contribution in [2.24, 2.45) is 0 Å². The summed E-state index contributed by atoms with van der Waals surface area (Å²) >= 11 is 0. The zero-order valence-corrected chi connectivity index (χ0v) is 15.9. The van der Waals surface area contributed by atoms with Crippen molar-refractivity contribution in [1.82, 2.24) is 9.78 Å². The molecule has 0 radical (unpaired) electrons. The quantitative estimate of drug-likeness (QED) is 0.721. The summed E-state index contributed by atoms with van der Waals surface area (Å²) < 4.78 is 12.7. The molecule has 1 aromatic heterocycles. The fourth-order valence-electron chi connectivity index (χ4n) is 2.86. The highest BCUT2D eigenvalue weighted by molar-refractivity contribution is 5.93. The van der Waals surface area contributed by atoms with Gasteiger partial charge in [0.15, 0.2) is 18.1 Å². The highest BCUT2D eigenvalue weighted by atomic mass is 16.5. The number of aromatic nitrogens is 2. The standard InChI is InChI=1S/C21H23N3O3/c1-14-9-10-19(20(11-14)26-4)27-13-21(25)22-17-7-5-6-8-18(17)24-16(3)12-15(2)23-24/h5-12H,13H2,1-4H3,(H,22,25). The largest absolute Gasteiger partial charge is 0.493 e. The third-order valence-corrected chi connectivity index (χ3v) is 4.09. The summed E-state index contributed by atoms with van der Waals surface area (Å²) in [6, 6.07) is 15.1. The summed E-state index contributed by atoms with van der Waals surface area (Å²) in [4.78, 5) is 12.4. The Balaban J connectivity index is 1.73.